The maximum absolute atomic E-state index is 5.27. The quantitative estimate of drug-likeness (QED) is 0.214. The van der Waals surface area contributed by atoms with E-state index in [-0.39, 0.29) is 0 Å². The van der Waals surface area contributed by atoms with Crippen molar-refractivity contribution in [1.82, 2.24) is 18.9 Å². The lowest BCUT2D eigenvalue weighted by Gasteiger charge is -2.17. The van der Waals surface area contributed by atoms with Crippen LogP contribution in [0.25, 0.3) is 66.5 Å². The Morgan fingerprint density at radius 3 is 1.93 bits per heavy atom. The summed E-state index contributed by atoms with van der Waals surface area (Å²) in [6.45, 7) is 7.18. The van der Waals surface area contributed by atoms with Crippen molar-refractivity contribution in [2.45, 2.75) is 19.6 Å². The fraction of sp³-hybridized carbons (Fsp3) is 0.0857. The predicted octanol–water partition coefficient (Wildman–Crippen LogP) is 8.35. The van der Waals surface area contributed by atoms with E-state index < -0.39 is 8.07 Å². The van der Waals surface area contributed by atoms with Crippen LogP contribution in [0.3, 0.4) is 0 Å². The van der Waals surface area contributed by atoms with Crippen LogP contribution in [0.1, 0.15) is 0 Å². The molecule has 0 aliphatic heterocycles. The molecule has 5 heteroatoms. The van der Waals surface area contributed by atoms with Gasteiger partial charge < -0.3 is 0 Å². The Labute approximate surface area is 233 Å². The van der Waals surface area contributed by atoms with E-state index in [2.05, 4.69) is 132 Å². The third kappa shape index (κ3) is 3.38. The van der Waals surface area contributed by atoms with Gasteiger partial charge in [0.15, 0.2) is 0 Å². The Hall–Kier alpha value is -4.74. The molecule has 4 nitrogen and oxygen atoms in total. The fourth-order valence-electron chi connectivity index (χ4n) is 6.01. The number of hydrogen-bond donors (Lipinski definition) is 0. The molecular formula is C35H28N4Si. The molecule has 5 aromatic carbocycles. The Balaban J connectivity index is 1.44. The molecule has 3 heterocycles. The summed E-state index contributed by atoms with van der Waals surface area (Å²) >= 11 is 0. The van der Waals surface area contributed by atoms with E-state index in [4.69, 9.17) is 9.97 Å². The van der Waals surface area contributed by atoms with Crippen LogP contribution in [-0.4, -0.2) is 27.0 Å². The number of nitrogens with zero attached hydrogens (tertiary/aromatic N) is 4. The van der Waals surface area contributed by atoms with Gasteiger partial charge in [0.05, 0.1) is 35.7 Å². The summed E-state index contributed by atoms with van der Waals surface area (Å²) in [6, 6.07) is 41.3. The summed E-state index contributed by atoms with van der Waals surface area (Å²) < 4.78 is 4.52. The first-order chi connectivity index (χ1) is 19.5. The molecule has 0 spiro atoms. The molecule has 0 aliphatic rings. The van der Waals surface area contributed by atoms with Gasteiger partial charge in [-0.15, -0.1) is 0 Å². The molecule has 0 saturated heterocycles. The number of hydrogen-bond acceptors (Lipinski definition) is 2. The van der Waals surface area contributed by atoms with Crippen molar-refractivity contribution in [3.63, 3.8) is 0 Å². The summed E-state index contributed by atoms with van der Waals surface area (Å²) in [5.74, 6) is 0.848. The number of aromatic nitrogens is 4. The summed E-state index contributed by atoms with van der Waals surface area (Å²) in [6.07, 6.45) is 0. The molecule has 0 N–H and O–H groups in total. The minimum atomic E-state index is -1.35. The number of rotatable bonds is 3. The van der Waals surface area contributed by atoms with Crippen LogP contribution in [0.15, 0.2) is 115 Å². The van der Waals surface area contributed by atoms with Crippen molar-refractivity contribution in [1.29, 1.82) is 0 Å². The second kappa shape index (κ2) is 8.38. The Bertz CT molecular complexity index is 2250. The molecule has 0 bridgehead atoms. The van der Waals surface area contributed by atoms with Gasteiger partial charge in [0.1, 0.15) is 5.65 Å². The monoisotopic (exact) mass is 532 g/mol. The molecule has 0 fully saturated rings. The number of benzene rings is 5. The summed E-state index contributed by atoms with van der Waals surface area (Å²) in [5.41, 5.74) is 8.60. The summed E-state index contributed by atoms with van der Waals surface area (Å²) in [5, 5.41) is 4.96. The van der Waals surface area contributed by atoms with Gasteiger partial charge in [0.2, 0.25) is 5.95 Å². The normalized spacial score (nSPS) is 12.4. The van der Waals surface area contributed by atoms with Crippen molar-refractivity contribution in [2.75, 3.05) is 0 Å². The van der Waals surface area contributed by atoms with E-state index >= 15 is 0 Å². The first-order valence-corrected chi connectivity index (χ1v) is 17.3. The SMILES string of the molecule is C[Si](C)(C)c1ccc(-c2ccc3c(c2)c2ccccc2n3-c2nc3ccccc3c3nc4ccccc4n23)cc1. The highest BCUT2D eigenvalue weighted by molar-refractivity contribution is 6.88. The minimum absolute atomic E-state index is 0.848. The second-order valence-electron chi connectivity index (χ2n) is 11.6. The van der Waals surface area contributed by atoms with E-state index in [0.29, 0.717) is 0 Å². The molecule has 3 aromatic heterocycles. The Morgan fingerprint density at radius 2 is 1.15 bits per heavy atom. The van der Waals surface area contributed by atoms with Gasteiger partial charge in [-0.25, -0.2) is 9.97 Å². The van der Waals surface area contributed by atoms with Gasteiger partial charge in [0.25, 0.3) is 0 Å². The fourth-order valence-corrected chi connectivity index (χ4v) is 7.17. The molecule has 0 amide bonds. The first kappa shape index (κ1) is 23.2. The second-order valence-corrected chi connectivity index (χ2v) is 16.7. The van der Waals surface area contributed by atoms with Crippen molar-refractivity contribution < 1.29 is 0 Å². The minimum Gasteiger partial charge on any atom is -0.279 e. The lowest BCUT2D eigenvalue weighted by molar-refractivity contribution is 0.979. The van der Waals surface area contributed by atoms with E-state index in [1.165, 1.54) is 27.1 Å². The van der Waals surface area contributed by atoms with Gasteiger partial charge >= 0.3 is 0 Å². The van der Waals surface area contributed by atoms with Crippen molar-refractivity contribution >= 4 is 62.6 Å². The lowest BCUT2D eigenvalue weighted by Crippen LogP contribution is -2.37. The summed E-state index contributed by atoms with van der Waals surface area (Å²) in [7, 11) is -1.35. The van der Waals surface area contributed by atoms with Gasteiger partial charge in [-0.05, 0) is 53.6 Å². The van der Waals surface area contributed by atoms with E-state index in [1.54, 1.807) is 0 Å². The predicted molar refractivity (Wildman–Crippen MR) is 171 cm³/mol. The maximum Gasteiger partial charge on any atom is 0.221 e. The Morgan fingerprint density at radius 1 is 0.525 bits per heavy atom. The van der Waals surface area contributed by atoms with E-state index in [9.17, 15) is 0 Å². The zero-order valence-corrected chi connectivity index (χ0v) is 23.8. The van der Waals surface area contributed by atoms with Crippen molar-refractivity contribution in [3.8, 4) is 17.1 Å². The first-order valence-electron chi connectivity index (χ1n) is 13.8. The van der Waals surface area contributed by atoms with E-state index in [1.807, 2.05) is 12.1 Å². The number of para-hydroxylation sites is 4. The highest BCUT2D eigenvalue weighted by atomic mass is 28.3. The summed E-state index contributed by atoms with van der Waals surface area (Å²) in [4.78, 5) is 10.3. The zero-order chi connectivity index (χ0) is 27.0. The zero-order valence-electron chi connectivity index (χ0n) is 22.8. The molecule has 0 aliphatic carbocycles. The van der Waals surface area contributed by atoms with Crippen LogP contribution < -0.4 is 5.19 Å². The lowest BCUT2D eigenvalue weighted by atomic mass is 10.0. The standard InChI is InChI=1S/C35H28N4Si/c1-40(2,3)25-19-16-23(17-20-25)24-18-21-32-28(22-24)26-10-5-8-14-31(26)38(32)35-37-29-12-6-4-11-27(29)34-36-30-13-7-9-15-33(30)39(34)35/h4-22H,1-3H3. The molecule has 40 heavy (non-hydrogen) atoms. The van der Waals surface area contributed by atoms with Crippen LogP contribution in [0, 0.1) is 0 Å². The van der Waals surface area contributed by atoms with Gasteiger partial charge in [-0.1, -0.05) is 97.6 Å². The number of imidazole rings is 1. The van der Waals surface area contributed by atoms with Crippen LogP contribution in [0.4, 0.5) is 0 Å². The van der Waals surface area contributed by atoms with Crippen molar-refractivity contribution in [3.05, 3.63) is 115 Å². The van der Waals surface area contributed by atoms with Gasteiger partial charge in [0, 0.05) is 16.2 Å². The van der Waals surface area contributed by atoms with Crippen molar-refractivity contribution in [2.24, 2.45) is 0 Å². The molecule has 0 radical (unpaired) electrons. The molecule has 8 rings (SSSR count). The van der Waals surface area contributed by atoms with Crippen LogP contribution in [0.5, 0.6) is 0 Å². The van der Waals surface area contributed by atoms with Crippen LogP contribution in [0.2, 0.25) is 19.6 Å². The molecular weight excluding hydrogens is 504 g/mol. The van der Waals surface area contributed by atoms with E-state index in [0.717, 1.165) is 44.6 Å². The molecule has 192 valence electrons. The molecule has 0 unspecified atom stereocenters. The van der Waals surface area contributed by atoms with Crippen LogP contribution in [-0.2, 0) is 0 Å². The third-order valence-corrected chi connectivity index (χ3v) is 10.1. The average Bonchev–Trinajstić information content (AvgIpc) is 3.53. The molecule has 8 aromatic rings. The average molecular weight is 533 g/mol. The maximum atomic E-state index is 5.27. The Kier molecular flexibility index (Phi) is 4.85. The van der Waals surface area contributed by atoms with Gasteiger partial charge in [-0.2, -0.15) is 0 Å². The smallest absolute Gasteiger partial charge is 0.221 e. The number of fused-ring (bicyclic) bond motifs is 8. The molecule has 0 atom stereocenters. The largest absolute Gasteiger partial charge is 0.279 e. The highest BCUT2D eigenvalue weighted by Crippen LogP contribution is 2.36. The third-order valence-electron chi connectivity index (χ3n) is 8.08. The topological polar surface area (TPSA) is 35.1 Å². The highest BCUT2D eigenvalue weighted by Gasteiger charge is 2.20. The van der Waals surface area contributed by atoms with Gasteiger partial charge in [-0.3, -0.25) is 8.97 Å². The van der Waals surface area contributed by atoms with Crippen LogP contribution >= 0.6 is 0 Å². The molecule has 0 saturated carbocycles.